The smallest absolute Gasteiger partial charge is 0.229 e. The number of aliphatic hydroxyl groups excluding tert-OH is 1. The topological polar surface area (TPSA) is 99.9 Å². The molecule has 3 heterocycles. The zero-order valence-corrected chi connectivity index (χ0v) is 18.0. The molecule has 1 aromatic carbocycles. The number of halogens is 2. The van der Waals surface area contributed by atoms with Crippen LogP contribution in [0, 0.1) is 0 Å². The fraction of sp³-hybridized carbons (Fsp3) is 0.350. The van der Waals surface area contributed by atoms with E-state index >= 15 is 0 Å². The molecule has 1 fully saturated rings. The van der Waals surface area contributed by atoms with Crippen molar-refractivity contribution >= 4 is 40.7 Å². The van der Waals surface area contributed by atoms with Crippen molar-refractivity contribution in [3.05, 3.63) is 46.8 Å². The van der Waals surface area contributed by atoms with Crippen molar-refractivity contribution in [3.63, 3.8) is 0 Å². The Balaban J connectivity index is 1.66. The van der Waals surface area contributed by atoms with E-state index in [4.69, 9.17) is 28.2 Å². The molecule has 8 nitrogen and oxygen atoms in total. The van der Waals surface area contributed by atoms with Crippen molar-refractivity contribution in [2.45, 2.75) is 32.0 Å². The third-order valence-corrected chi connectivity index (χ3v) is 5.32. The van der Waals surface area contributed by atoms with Gasteiger partial charge in [-0.3, -0.25) is 0 Å². The number of nitrogens with one attached hydrogen (secondary N) is 3. The van der Waals surface area contributed by atoms with E-state index < -0.39 is 6.23 Å². The van der Waals surface area contributed by atoms with Gasteiger partial charge in [-0.05, 0) is 51.1 Å². The van der Waals surface area contributed by atoms with Crippen LogP contribution in [0.1, 0.15) is 26.0 Å². The summed E-state index contributed by atoms with van der Waals surface area (Å²) in [6.45, 7) is 3.58. The summed E-state index contributed by atoms with van der Waals surface area (Å²) < 4.78 is 1.49. The number of aliphatic hydroxyl groups is 1. The van der Waals surface area contributed by atoms with Gasteiger partial charge in [-0.2, -0.15) is 10.1 Å². The van der Waals surface area contributed by atoms with Gasteiger partial charge in [-0.25, -0.2) is 9.67 Å². The average Bonchev–Trinajstić information content (AvgIpc) is 3.18. The summed E-state index contributed by atoms with van der Waals surface area (Å²) in [5, 5.41) is 25.1. The van der Waals surface area contributed by atoms with Gasteiger partial charge in [0.25, 0.3) is 0 Å². The fourth-order valence-electron chi connectivity index (χ4n) is 3.36. The number of aromatic nitrogens is 4. The summed E-state index contributed by atoms with van der Waals surface area (Å²) in [4.78, 5) is 9.17. The zero-order chi connectivity index (χ0) is 21.1. The number of nitrogens with zero attached hydrogens (tertiary/aromatic N) is 4. The molecule has 0 amide bonds. The molecule has 0 saturated carbocycles. The van der Waals surface area contributed by atoms with Gasteiger partial charge in [0, 0.05) is 45.3 Å². The monoisotopic (exact) mass is 447 g/mol. The van der Waals surface area contributed by atoms with Crippen LogP contribution in [0.5, 0.6) is 0 Å². The highest BCUT2D eigenvalue weighted by Gasteiger charge is 2.18. The number of piperidine rings is 1. The summed E-state index contributed by atoms with van der Waals surface area (Å²) in [6.07, 6.45) is 6.51. The Labute approximate surface area is 184 Å². The number of benzene rings is 1. The standard InChI is InChI=1S/C20H23Cl2N7O/c1-12(30)29-11-13(9-25-29)18-10-24-20(27-17-7-14(21)6-15(22)8-17)28-19(18)26-16-2-4-23-5-3-16/h6-12,16,23,30H,2-5H2,1H3,(H2,24,26,27,28). The second-order valence-corrected chi connectivity index (χ2v) is 8.12. The van der Waals surface area contributed by atoms with Gasteiger partial charge >= 0.3 is 0 Å². The molecule has 0 spiro atoms. The minimum Gasteiger partial charge on any atom is -0.372 e. The van der Waals surface area contributed by atoms with Crippen molar-refractivity contribution in [1.82, 2.24) is 25.1 Å². The van der Waals surface area contributed by atoms with Gasteiger partial charge in [0.2, 0.25) is 5.95 Å². The van der Waals surface area contributed by atoms with Gasteiger partial charge in [-0.15, -0.1) is 0 Å². The number of rotatable bonds is 6. The maximum atomic E-state index is 9.78. The molecule has 4 rings (SSSR count). The Bertz CT molecular complexity index is 998. The average molecular weight is 448 g/mol. The fourth-order valence-corrected chi connectivity index (χ4v) is 3.89. The van der Waals surface area contributed by atoms with Crippen LogP contribution in [-0.2, 0) is 0 Å². The van der Waals surface area contributed by atoms with Crippen LogP contribution in [-0.4, -0.2) is 44.0 Å². The van der Waals surface area contributed by atoms with Crippen LogP contribution >= 0.6 is 23.2 Å². The van der Waals surface area contributed by atoms with Crippen molar-refractivity contribution in [2.24, 2.45) is 0 Å². The largest absolute Gasteiger partial charge is 0.372 e. The SMILES string of the molecule is CC(O)n1cc(-c2cnc(Nc3cc(Cl)cc(Cl)c3)nc2NC2CCNCC2)cn1. The second kappa shape index (κ2) is 9.18. The van der Waals surface area contributed by atoms with E-state index in [9.17, 15) is 5.11 Å². The molecule has 0 bridgehead atoms. The van der Waals surface area contributed by atoms with Crippen molar-refractivity contribution in [2.75, 3.05) is 23.7 Å². The van der Waals surface area contributed by atoms with Gasteiger partial charge in [-0.1, -0.05) is 23.2 Å². The van der Waals surface area contributed by atoms with Crippen LogP contribution in [0.4, 0.5) is 17.5 Å². The summed E-state index contributed by atoms with van der Waals surface area (Å²) in [6, 6.07) is 5.50. The Hall–Kier alpha value is -2.39. The predicted molar refractivity (Wildman–Crippen MR) is 119 cm³/mol. The molecule has 0 radical (unpaired) electrons. The first-order chi connectivity index (χ1) is 14.5. The van der Waals surface area contributed by atoms with Gasteiger partial charge in [0.05, 0.1) is 6.20 Å². The molecule has 2 aromatic heterocycles. The van der Waals surface area contributed by atoms with Crippen molar-refractivity contribution in [1.29, 1.82) is 0 Å². The highest BCUT2D eigenvalue weighted by molar-refractivity contribution is 6.35. The molecule has 1 aliphatic heterocycles. The molecule has 1 aliphatic rings. The van der Waals surface area contributed by atoms with Crippen molar-refractivity contribution < 1.29 is 5.11 Å². The van der Waals surface area contributed by atoms with E-state index in [2.05, 4.69) is 26.0 Å². The first kappa shape index (κ1) is 20.9. The zero-order valence-electron chi connectivity index (χ0n) is 16.4. The second-order valence-electron chi connectivity index (χ2n) is 7.25. The Morgan fingerprint density at radius 1 is 1.17 bits per heavy atom. The van der Waals surface area contributed by atoms with E-state index in [0.29, 0.717) is 33.5 Å². The lowest BCUT2D eigenvalue weighted by molar-refractivity contribution is 0.111. The summed E-state index contributed by atoms with van der Waals surface area (Å²) >= 11 is 12.2. The predicted octanol–water partition coefficient (Wildman–Crippen LogP) is 4.07. The van der Waals surface area contributed by atoms with Gasteiger partial charge in [0.15, 0.2) is 0 Å². The summed E-state index contributed by atoms with van der Waals surface area (Å²) in [5.41, 5.74) is 2.34. The van der Waals surface area contributed by atoms with E-state index in [-0.39, 0.29) is 0 Å². The lowest BCUT2D eigenvalue weighted by Gasteiger charge is -2.25. The molecule has 158 valence electrons. The van der Waals surface area contributed by atoms with Crippen LogP contribution < -0.4 is 16.0 Å². The molecule has 10 heteroatoms. The van der Waals surface area contributed by atoms with E-state index in [1.165, 1.54) is 4.68 Å². The third-order valence-electron chi connectivity index (χ3n) is 4.88. The third kappa shape index (κ3) is 5.02. The molecule has 3 aromatic rings. The molecule has 30 heavy (non-hydrogen) atoms. The Kier molecular flexibility index (Phi) is 6.38. The lowest BCUT2D eigenvalue weighted by atomic mass is 10.1. The maximum absolute atomic E-state index is 9.78. The van der Waals surface area contributed by atoms with Gasteiger partial charge in [0.1, 0.15) is 12.0 Å². The molecule has 4 N–H and O–H groups in total. The maximum Gasteiger partial charge on any atom is 0.229 e. The van der Waals surface area contributed by atoms with E-state index in [0.717, 1.165) is 37.1 Å². The van der Waals surface area contributed by atoms with E-state index in [1.807, 2.05) is 0 Å². The Morgan fingerprint density at radius 3 is 2.57 bits per heavy atom. The van der Waals surface area contributed by atoms with E-state index in [1.54, 1.807) is 43.7 Å². The highest BCUT2D eigenvalue weighted by atomic mass is 35.5. The summed E-state index contributed by atoms with van der Waals surface area (Å²) in [7, 11) is 0. The molecule has 1 unspecified atom stereocenters. The highest BCUT2D eigenvalue weighted by Crippen LogP contribution is 2.30. The first-order valence-electron chi connectivity index (χ1n) is 9.78. The first-order valence-corrected chi connectivity index (χ1v) is 10.5. The quantitative estimate of drug-likeness (QED) is 0.451. The minimum atomic E-state index is -0.714. The molecular formula is C20H23Cl2N7O. The number of hydrogen-bond donors (Lipinski definition) is 4. The molecular weight excluding hydrogens is 425 g/mol. The minimum absolute atomic E-state index is 0.306. The van der Waals surface area contributed by atoms with Crippen LogP contribution in [0.15, 0.2) is 36.8 Å². The number of hydrogen-bond acceptors (Lipinski definition) is 7. The van der Waals surface area contributed by atoms with Crippen LogP contribution in [0.2, 0.25) is 10.0 Å². The molecule has 0 aliphatic carbocycles. The Morgan fingerprint density at radius 2 is 1.90 bits per heavy atom. The molecule has 1 atom stereocenters. The number of anilines is 3. The lowest BCUT2D eigenvalue weighted by Crippen LogP contribution is -2.35. The van der Waals surface area contributed by atoms with Crippen LogP contribution in [0.3, 0.4) is 0 Å². The van der Waals surface area contributed by atoms with Crippen molar-refractivity contribution in [3.8, 4) is 11.1 Å². The van der Waals surface area contributed by atoms with Gasteiger partial charge < -0.3 is 21.1 Å². The summed E-state index contributed by atoms with van der Waals surface area (Å²) in [5.74, 6) is 1.13. The van der Waals surface area contributed by atoms with Crippen LogP contribution in [0.25, 0.3) is 11.1 Å². The molecule has 1 saturated heterocycles. The normalized spacial score (nSPS) is 15.7.